The van der Waals surface area contributed by atoms with Crippen molar-refractivity contribution in [1.82, 2.24) is 19.9 Å². The molecular weight excluding hydrogens is 366 g/mol. The third-order valence-electron chi connectivity index (χ3n) is 4.59. The van der Waals surface area contributed by atoms with E-state index in [0.717, 1.165) is 44.2 Å². The maximum atomic E-state index is 4.50. The van der Waals surface area contributed by atoms with Gasteiger partial charge in [0.1, 0.15) is 22.8 Å². The number of aromatic nitrogens is 4. The molecule has 0 bridgehead atoms. The van der Waals surface area contributed by atoms with Gasteiger partial charge in [0.25, 0.3) is 0 Å². The summed E-state index contributed by atoms with van der Waals surface area (Å²) >= 11 is 1.63. The summed E-state index contributed by atoms with van der Waals surface area (Å²) in [6.45, 7) is 0.559. The lowest BCUT2D eigenvalue weighted by molar-refractivity contribution is 0.989. The van der Waals surface area contributed by atoms with Crippen molar-refractivity contribution in [2.75, 3.05) is 5.32 Å². The van der Waals surface area contributed by atoms with Crippen LogP contribution in [0.3, 0.4) is 0 Å². The van der Waals surface area contributed by atoms with Crippen LogP contribution in [0.4, 0.5) is 5.82 Å². The molecule has 2 N–H and O–H groups in total. The first-order valence-corrected chi connectivity index (χ1v) is 9.87. The van der Waals surface area contributed by atoms with Crippen molar-refractivity contribution < 1.29 is 0 Å². The molecule has 0 aliphatic carbocycles. The fourth-order valence-corrected chi connectivity index (χ4v) is 4.14. The lowest BCUT2D eigenvalue weighted by atomic mass is 10.1. The molecule has 0 atom stereocenters. The number of benzene rings is 2. The number of imidazole rings is 1. The molecule has 0 saturated carbocycles. The number of rotatable bonds is 5. The van der Waals surface area contributed by atoms with Crippen molar-refractivity contribution in [2.45, 2.75) is 6.54 Å². The molecule has 0 saturated heterocycles. The molecule has 0 aliphatic rings. The molecule has 5 rings (SSSR count). The number of aromatic amines is 1. The van der Waals surface area contributed by atoms with Crippen LogP contribution in [0, 0.1) is 0 Å². The Morgan fingerprint density at radius 3 is 2.39 bits per heavy atom. The highest BCUT2D eigenvalue weighted by molar-refractivity contribution is 7.17. The maximum absolute atomic E-state index is 4.50. The van der Waals surface area contributed by atoms with E-state index < -0.39 is 0 Å². The summed E-state index contributed by atoms with van der Waals surface area (Å²) in [5.41, 5.74) is 4.43. The molecule has 5 nitrogen and oxygen atoms in total. The van der Waals surface area contributed by atoms with Crippen LogP contribution in [0.2, 0.25) is 0 Å². The van der Waals surface area contributed by atoms with E-state index in [4.69, 9.17) is 0 Å². The molecule has 0 aliphatic heterocycles. The zero-order chi connectivity index (χ0) is 18.8. The van der Waals surface area contributed by atoms with E-state index in [0.29, 0.717) is 6.54 Å². The van der Waals surface area contributed by atoms with E-state index in [2.05, 4.69) is 54.9 Å². The Balaban J connectivity index is 1.43. The van der Waals surface area contributed by atoms with Crippen molar-refractivity contribution in [3.8, 4) is 22.4 Å². The van der Waals surface area contributed by atoms with Crippen LogP contribution in [-0.2, 0) is 6.54 Å². The minimum atomic E-state index is 0.559. The SMILES string of the molecule is c1ccc(-c2cnc(CNc3ncnc4scc(-c5ccccc5)c34)[nH]2)cc1. The first-order valence-electron chi connectivity index (χ1n) is 8.99. The smallest absolute Gasteiger partial charge is 0.139 e. The van der Waals surface area contributed by atoms with Gasteiger partial charge in [0.15, 0.2) is 0 Å². The van der Waals surface area contributed by atoms with E-state index in [1.807, 2.05) is 42.6 Å². The quantitative estimate of drug-likeness (QED) is 0.429. The van der Waals surface area contributed by atoms with Crippen molar-refractivity contribution in [3.63, 3.8) is 0 Å². The fraction of sp³-hybridized carbons (Fsp3) is 0.0455. The monoisotopic (exact) mass is 383 g/mol. The van der Waals surface area contributed by atoms with Crippen LogP contribution in [-0.4, -0.2) is 19.9 Å². The molecule has 3 heterocycles. The summed E-state index contributed by atoms with van der Waals surface area (Å²) in [6, 6.07) is 20.5. The van der Waals surface area contributed by atoms with Crippen LogP contribution in [0.1, 0.15) is 5.82 Å². The van der Waals surface area contributed by atoms with E-state index in [9.17, 15) is 0 Å². The second-order valence-corrected chi connectivity index (χ2v) is 7.24. The molecule has 3 aromatic heterocycles. The minimum absolute atomic E-state index is 0.559. The molecule has 0 amide bonds. The van der Waals surface area contributed by atoms with Gasteiger partial charge in [-0.1, -0.05) is 60.7 Å². The summed E-state index contributed by atoms with van der Waals surface area (Å²) in [4.78, 5) is 17.8. The largest absolute Gasteiger partial charge is 0.362 e. The predicted octanol–water partition coefficient (Wildman–Crippen LogP) is 5.36. The first-order chi connectivity index (χ1) is 13.9. The van der Waals surface area contributed by atoms with Gasteiger partial charge in [-0.2, -0.15) is 0 Å². The fourth-order valence-electron chi connectivity index (χ4n) is 3.22. The Morgan fingerprint density at radius 2 is 1.61 bits per heavy atom. The zero-order valence-corrected chi connectivity index (χ0v) is 15.8. The highest BCUT2D eigenvalue weighted by atomic mass is 32.1. The third kappa shape index (κ3) is 3.14. The second kappa shape index (κ2) is 7.25. The Hall–Kier alpha value is -3.51. The molecule has 5 aromatic rings. The van der Waals surface area contributed by atoms with Crippen LogP contribution in [0.25, 0.3) is 32.6 Å². The Bertz CT molecular complexity index is 1210. The molecule has 0 fully saturated rings. The van der Waals surface area contributed by atoms with Gasteiger partial charge in [0.2, 0.25) is 0 Å². The third-order valence-corrected chi connectivity index (χ3v) is 5.48. The van der Waals surface area contributed by atoms with Crippen LogP contribution in [0.15, 0.2) is 78.6 Å². The molecule has 136 valence electrons. The summed E-state index contributed by atoms with van der Waals surface area (Å²) in [7, 11) is 0. The minimum Gasteiger partial charge on any atom is -0.362 e. The topological polar surface area (TPSA) is 66.5 Å². The number of hydrogen-bond donors (Lipinski definition) is 2. The van der Waals surface area contributed by atoms with Gasteiger partial charge >= 0.3 is 0 Å². The summed E-state index contributed by atoms with van der Waals surface area (Å²) < 4.78 is 0. The highest BCUT2D eigenvalue weighted by Gasteiger charge is 2.13. The Kier molecular flexibility index (Phi) is 4.31. The lowest BCUT2D eigenvalue weighted by Crippen LogP contribution is -2.03. The van der Waals surface area contributed by atoms with Crippen molar-refractivity contribution in [3.05, 3.63) is 84.4 Å². The molecule has 0 spiro atoms. The molecule has 6 heteroatoms. The molecule has 0 unspecified atom stereocenters. The van der Waals surface area contributed by atoms with Crippen LogP contribution >= 0.6 is 11.3 Å². The number of hydrogen-bond acceptors (Lipinski definition) is 5. The lowest BCUT2D eigenvalue weighted by Gasteiger charge is -2.07. The average molecular weight is 383 g/mol. The van der Waals surface area contributed by atoms with Gasteiger partial charge in [-0.25, -0.2) is 15.0 Å². The summed E-state index contributed by atoms with van der Waals surface area (Å²) in [6.07, 6.45) is 3.47. The van der Waals surface area contributed by atoms with E-state index in [1.165, 1.54) is 0 Å². The Morgan fingerprint density at radius 1 is 0.857 bits per heavy atom. The van der Waals surface area contributed by atoms with Gasteiger partial charge in [-0.05, 0) is 11.1 Å². The number of anilines is 1. The molecule has 2 aromatic carbocycles. The molecule has 0 radical (unpaired) electrons. The van der Waals surface area contributed by atoms with Gasteiger partial charge in [-0.3, -0.25) is 0 Å². The van der Waals surface area contributed by atoms with Gasteiger partial charge in [-0.15, -0.1) is 11.3 Å². The Labute approximate surface area is 166 Å². The first kappa shape index (κ1) is 16.6. The molecule has 28 heavy (non-hydrogen) atoms. The number of thiophene rings is 1. The van der Waals surface area contributed by atoms with Crippen LogP contribution in [0.5, 0.6) is 0 Å². The number of H-pyrrole nitrogens is 1. The predicted molar refractivity (Wildman–Crippen MR) is 114 cm³/mol. The highest BCUT2D eigenvalue weighted by Crippen LogP contribution is 2.36. The van der Waals surface area contributed by atoms with E-state index >= 15 is 0 Å². The number of nitrogens with zero attached hydrogens (tertiary/aromatic N) is 3. The van der Waals surface area contributed by atoms with Crippen molar-refractivity contribution in [1.29, 1.82) is 0 Å². The normalized spacial score (nSPS) is 11.0. The van der Waals surface area contributed by atoms with Gasteiger partial charge < -0.3 is 10.3 Å². The molecular formula is C22H17N5S. The van der Waals surface area contributed by atoms with Gasteiger partial charge in [0, 0.05) is 10.9 Å². The van der Waals surface area contributed by atoms with Gasteiger partial charge in [0.05, 0.1) is 23.8 Å². The zero-order valence-electron chi connectivity index (χ0n) is 15.0. The summed E-state index contributed by atoms with van der Waals surface area (Å²) in [5, 5.41) is 6.62. The van der Waals surface area contributed by atoms with Crippen LogP contribution < -0.4 is 5.32 Å². The van der Waals surface area contributed by atoms with Crippen molar-refractivity contribution >= 4 is 27.4 Å². The standard InChI is InChI=1S/C22H17N5S/c1-3-7-15(8-4-1)17-13-28-22-20(17)21(25-14-26-22)24-12-19-23-11-18(27-19)16-9-5-2-6-10-16/h1-11,13-14H,12H2,(H,23,27)(H,24,25,26). The summed E-state index contributed by atoms with van der Waals surface area (Å²) in [5.74, 6) is 1.69. The average Bonchev–Trinajstić information content (AvgIpc) is 3.41. The maximum Gasteiger partial charge on any atom is 0.139 e. The van der Waals surface area contributed by atoms with E-state index in [-0.39, 0.29) is 0 Å². The van der Waals surface area contributed by atoms with E-state index in [1.54, 1.807) is 17.7 Å². The number of nitrogens with one attached hydrogen (secondary N) is 2. The van der Waals surface area contributed by atoms with Crippen molar-refractivity contribution in [2.24, 2.45) is 0 Å². The second-order valence-electron chi connectivity index (χ2n) is 6.38. The number of fused-ring (bicyclic) bond motifs is 1.